The van der Waals surface area contributed by atoms with Crippen LogP contribution in [0, 0.1) is 0 Å². The van der Waals surface area contributed by atoms with Crippen molar-refractivity contribution in [2.75, 3.05) is 33.5 Å². The van der Waals surface area contributed by atoms with Crippen LogP contribution in [0.15, 0.2) is 121 Å². The zero-order chi connectivity index (χ0) is 41.5. The highest BCUT2D eigenvalue weighted by Gasteiger charge is 2.18. The first kappa shape index (κ1) is 43.7. The number of carbonyl (C=O) groups is 5. The van der Waals surface area contributed by atoms with E-state index in [0.717, 1.165) is 44.3 Å². The second-order valence-electron chi connectivity index (χ2n) is 12.4. The van der Waals surface area contributed by atoms with Crippen LogP contribution in [0.5, 0.6) is 23.0 Å². The zero-order valence-electron chi connectivity index (χ0n) is 32.2. The van der Waals surface area contributed by atoms with Gasteiger partial charge in [0.1, 0.15) is 28.6 Å². The Kier molecular flexibility index (Phi) is 17.9. The van der Waals surface area contributed by atoms with Crippen LogP contribution in [-0.4, -0.2) is 69.6 Å². The minimum Gasteiger partial charge on any atom is -0.494 e. The molecular formula is C45H45NO12. The fourth-order valence-corrected chi connectivity index (χ4v) is 5.04. The van der Waals surface area contributed by atoms with Gasteiger partial charge in [-0.05, 0) is 135 Å². The number of hydrogen-bond acceptors (Lipinski definition) is 13. The molecule has 0 aliphatic heterocycles. The lowest BCUT2D eigenvalue weighted by molar-refractivity contribution is -0.138. The van der Waals surface area contributed by atoms with E-state index in [9.17, 15) is 24.0 Å². The van der Waals surface area contributed by atoms with Crippen molar-refractivity contribution >= 4 is 41.7 Å². The van der Waals surface area contributed by atoms with Crippen LogP contribution < -0.4 is 18.9 Å². The smallest absolute Gasteiger partial charge is 0.343 e. The number of benzene rings is 4. The average Bonchev–Trinajstić information content (AvgIpc) is 3.25. The van der Waals surface area contributed by atoms with Gasteiger partial charge in [-0.3, -0.25) is 4.99 Å². The van der Waals surface area contributed by atoms with E-state index in [-0.39, 0.29) is 16.9 Å². The van der Waals surface area contributed by atoms with Crippen LogP contribution in [0.3, 0.4) is 0 Å². The molecule has 4 aromatic rings. The summed E-state index contributed by atoms with van der Waals surface area (Å²) >= 11 is 0. The van der Waals surface area contributed by atoms with Gasteiger partial charge in [0.05, 0.1) is 50.4 Å². The van der Waals surface area contributed by atoms with Gasteiger partial charge in [0.25, 0.3) is 0 Å². The molecule has 13 nitrogen and oxygen atoms in total. The first-order valence-electron chi connectivity index (χ1n) is 18.5. The number of esters is 5. The van der Waals surface area contributed by atoms with Gasteiger partial charge in [-0.2, -0.15) is 0 Å². The molecule has 0 spiro atoms. The fourth-order valence-electron chi connectivity index (χ4n) is 5.04. The Morgan fingerprint density at radius 2 is 1.03 bits per heavy atom. The largest absolute Gasteiger partial charge is 0.494 e. The van der Waals surface area contributed by atoms with Crippen LogP contribution in [0.2, 0.25) is 0 Å². The van der Waals surface area contributed by atoms with Crippen LogP contribution in [0.1, 0.15) is 75.2 Å². The summed E-state index contributed by atoms with van der Waals surface area (Å²) in [7, 11) is 1.23. The molecule has 4 aromatic carbocycles. The Bertz CT molecular complexity index is 2040. The van der Waals surface area contributed by atoms with E-state index in [1.165, 1.54) is 25.5 Å². The number of nitrogens with zero attached hydrogens (tertiary/aromatic N) is 1. The molecule has 0 aromatic heterocycles. The maximum atomic E-state index is 13.0. The van der Waals surface area contributed by atoms with E-state index in [2.05, 4.69) is 18.2 Å². The van der Waals surface area contributed by atoms with E-state index in [1.54, 1.807) is 78.9 Å². The van der Waals surface area contributed by atoms with Crippen molar-refractivity contribution in [3.05, 3.63) is 139 Å². The molecule has 0 bridgehead atoms. The summed E-state index contributed by atoms with van der Waals surface area (Å²) in [5.74, 6) is -1.27. The second-order valence-corrected chi connectivity index (χ2v) is 12.4. The van der Waals surface area contributed by atoms with Gasteiger partial charge in [-0.15, -0.1) is 0 Å². The standard InChI is InChI=1S/C45H45NO12/c1-4-41(47)55-28-10-6-8-26-53-36-19-13-33(14-20-36)43(49)57-38-23-17-35(18-24-38)46-31-32-12-25-40(39(30-32)45(51)52-3)58-44(50)34-15-21-37(22-16-34)54-27-9-7-11-29-56-42(48)5-2/h4-5,12-25,30-31H,1-2,6-11,26-29H2,3H3/b46-31+. The number of unbranched alkanes of at least 4 members (excludes halogenated alkanes) is 4. The second kappa shape index (κ2) is 23.8. The predicted octanol–water partition coefficient (Wildman–Crippen LogP) is 8.22. The fraction of sp³-hybridized carbons (Fsp3) is 0.244. The third-order valence-corrected chi connectivity index (χ3v) is 8.14. The normalized spacial score (nSPS) is 10.6. The third-order valence-electron chi connectivity index (χ3n) is 8.14. The van der Waals surface area contributed by atoms with Crippen molar-refractivity contribution < 1.29 is 57.1 Å². The first-order valence-corrected chi connectivity index (χ1v) is 18.5. The van der Waals surface area contributed by atoms with Gasteiger partial charge in [0, 0.05) is 18.4 Å². The van der Waals surface area contributed by atoms with E-state index in [4.69, 9.17) is 33.2 Å². The van der Waals surface area contributed by atoms with Crippen molar-refractivity contribution in [3.63, 3.8) is 0 Å². The van der Waals surface area contributed by atoms with Crippen molar-refractivity contribution in [1.29, 1.82) is 0 Å². The Morgan fingerprint density at radius 3 is 1.53 bits per heavy atom. The van der Waals surface area contributed by atoms with Gasteiger partial charge in [0.2, 0.25) is 0 Å². The summed E-state index contributed by atoms with van der Waals surface area (Å²) in [5.41, 5.74) is 1.72. The molecule has 0 heterocycles. The molecule has 0 N–H and O–H groups in total. The molecule has 4 rings (SSSR count). The lowest BCUT2D eigenvalue weighted by Gasteiger charge is -2.10. The summed E-state index contributed by atoms with van der Waals surface area (Å²) in [6, 6.07) is 24.2. The zero-order valence-corrected chi connectivity index (χ0v) is 32.2. The van der Waals surface area contributed by atoms with Gasteiger partial charge in [0.15, 0.2) is 0 Å². The van der Waals surface area contributed by atoms with E-state index in [1.807, 2.05) is 0 Å². The average molecular weight is 792 g/mol. The van der Waals surface area contributed by atoms with Crippen molar-refractivity contribution in [2.45, 2.75) is 38.5 Å². The molecule has 0 amide bonds. The summed E-state index contributed by atoms with van der Waals surface area (Å²) in [6.45, 7) is 8.31. The molecule has 0 aliphatic rings. The molecule has 0 saturated carbocycles. The predicted molar refractivity (Wildman–Crippen MR) is 215 cm³/mol. The van der Waals surface area contributed by atoms with E-state index < -0.39 is 29.8 Å². The molecule has 13 heteroatoms. The maximum Gasteiger partial charge on any atom is 0.343 e. The van der Waals surface area contributed by atoms with E-state index >= 15 is 0 Å². The molecule has 0 atom stereocenters. The van der Waals surface area contributed by atoms with Crippen molar-refractivity contribution in [2.24, 2.45) is 4.99 Å². The van der Waals surface area contributed by atoms with Crippen LogP contribution >= 0.6 is 0 Å². The summed E-state index contributed by atoms with van der Waals surface area (Å²) in [5, 5.41) is 0. The molecule has 0 fully saturated rings. The number of methoxy groups -OCH3 is 1. The monoisotopic (exact) mass is 791 g/mol. The highest BCUT2D eigenvalue weighted by Crippen LogP contribution is 2.25. The molecule has 302 valence electrons. The first-order chi connectivity index (χ1) is 28.2. The lowest BCUT2D eigenvalue weighted by Crippen LogP contribution is -2.12. The molecule has 0 radical (unpaired) electrons. The summed E-state index contributed by atoms with van der Waals surface area (Å²) in [4.78, 5) is 64.9. The summed E-state index contributed by atoms with van der Waals surface area (Å²) in [6.07, 6.45) is 8.42. The van der Waals surface area contributed by atoms with Crippen molar-refractivity contribution in [1.82, 2.24) is 0 Å². The van der Waals surface area contributed by atoms with Gasteiger partial charge < -0.3 is 33.2 Å². The molecule has 0 aliphatic carbocycles. The van der Waals surface area contributed by atoms with Crippen LogP contribution in [0.4, 0.5) is 5.69 Å². The van der Waals surface area contributed by atoms with Gasteiger partial charge in [-0.25, -0.2) is 24.0 Å². The minimum absolute atomic E-state index is 0.0128. The minimum atomic E-state index is -0.702. The quantitative estimate of drug-likeness (QED) is 0.0177. The van der Waals surface area contributed by atoms with Crippen molar-refractivity contribution in [3.8, 4) is 23.0 Å². The Balaban J connectivity index is 1.24. The molecular weight excluding hydrogens is 746 g/mol. The number of rotatable bonds is 23. The van der Waals surface area contributed by atoms with Gasteiger partial charge >= 0.3 is 29.8 Å². The topological polar surface area (TPSA) is 162 Å². The molecule has 0 unspecified atom stereocenters. The Hall–Kier alpha value is -7.02. The SMILES string of the molecule is C=CC(=O)OCCCCCOc1ccc(C(=O)Oc2ccc(/N=C/c3ccc(OC(=O)c4ccc(OCCCCCOC(=O)C=C)cc4)c(C(=O)OC)c3)cc2)cc1. The highest BCUT2D eigenvalue weighted by atomic mass is 16.6. The summed E-state index contributed by atoms with van der Waals surface area (Å²) < 4.78 is 37.3. The molecule has 58 heavy (non-hydrogen) atoms. The lowest BCUT2D eigenvalue weighted by atomic mass is 10.1. The number of ether oxygens (including phenoxy) is 7. The number of hydrogen-bond donors (Lipinski definition) is 0. The Labute approximate surface area is 336 Å². The third kappa shape index (κ3) is 14.9. The Morgan fingerprint density at radius 1 is 0.552 bits per heavy atom. The van der Waals surface area contributed by atoms with E-state index in [0.29, 0.717) is 66.9 Å². The maximum absolute atomic E-state index is 13.0. The number of aliphatic imine (C=N–C) groups is 1. The number of carbonyl (C=O) groups excluding carboxylic acids is 5. The molecule has 0 saturated heterocycles. The van der Waals surface area contributed by atoms with Crippen LogP contribution in [-0.2, 0) is 23.8 Å². The van der Waals surface area contributed by atoms with Crippen LogP contribution in [0.25, 0.3) is 0 Å². The van der Waals surface area contributed by atoms with Gasteiger partial charge in [-0.1, -0.05) is 13.2 Å². The highest BCUT2D eigenvalue weighted by molar-refractivity contribution is 5.98.